The van der Waals surface area contributed by atoms with E-state index in [9.17, 15) is 5.11 Å². The number of nitrogen functional groups attached to an aromatic ring is 1. The summed E-state index contributed by atoms with van der Waals surface area (Å²) in [6.07, 6.45) is 1.09. The number of hydrogen-bond donors (Lipinski definition) is 2. The molecule has 1 aromatic heterocycles. The second-order valence-electron chi connectivity index (χ2n) is 4.94. The molecule has 0 amide bonds. The lowest BCUT2D eigenvalue weighted by Crippen LogP contribution is -2.35. The van der Waals surface area contributed by atoms with E-state index in [1.54, 1.807) is 18.4 Å². The minimum absolute atomic E-state index is 0.234. The van der Waals surface area contributed by atoms with Gasteiger partial charge in [0.05, 0.1) is 12.8 Å². The van der Waals surface area contributed by atoms with E-state index >= 15 is 0 Å². The highest BCUT2D eigenvalue weighted by atomic mass is 16.5. The zero-order valence-electron chi connectivity index (χ0n) is 12.2. The molecule has 0 radical (unpaired) electrons. The van der Waals surface area contributed by atoms with Gasteiger partial charge in [0.15, 0.2) is 0 Å². The molecule has 0 saturated carbocycles. The molecule has 0 aliphatic carbocycles. The van der Waals surface area contributed by atoms with Gasteiger partial charge in [0.1, 0.15) is 24.2 Å². The molecule has 1 unspecified atom stereocenters. The van der Waals surface area contributed by atoms with Crippen LogP contribution in [0.1, 0.15) is 12.7 Å². The zero-order valence-corrected chi connectivity index (χ0v) is 12.2. The van der Waals surface area contributed by atoms with Gasteiger partial charge in [0, 0.05) is 18.3 Å². The predicted molar refractivity (Wildman–Crippen MR) is 82.0 cm³/mol. The molecule has 1 atom stereocenters. The summed E-state index contributed by atoms with van der Waals surface area (Å²) in [5.41, 5.74) is 6.33. The monoisotopic (exact) mass is 290 g/mol. The van der Waals surface area contributed by atoms with Gasteiger partial charge in [-0.25, -0.2) is 0 Å². The third-order valence-electron chi connectivity index (χ3n) is 3.18. The van der Waals surface area contributed by atoms with Crippen LogP contribution in [0.15, 0.2) is 47.1 Å². The van der Waals surface area contributed by atoms with Crippen LogP contribution in [-0.4, -0.2) is 35.8 Å². The van der Waals surface area contributed by atoms with E-state index in [2.05, 4.69) is 11.8 Å². The van der Waals surface area contributed by atoms with E-state index in [0.717, 1.165) is 12.3 Å². The molecule has 21 heavy (non-hydrogen) atoms. The van der Waals surface area contributed by atoms with Gasteiger partial charge in [-0.2, -0.15) is 0 Å². The van der Waals surface area contributed by atoms with Crippen LogP contribution in [0.4, 0.5) is 5.69 Å². The van der Waals surface area contributed by atoms with Crippen LogP contribution in [0.25, 0.3) is 0 Å². The minimum Gasteiger partial charge on any atom is -0.491 e. The molecule has 0 spiro atoms. The summed E-state index contributed by atoms with van der Waals surface area (Å²) in [6.45, 7) is 4.32. The van der Waals surface area contributed by atoms with Crippen LogP contribution >= 0.6 is 0 Å². The fraction of sp³-hybridized carbons (Fsp3) is 0.375. The van der Waals surface area contributed by atoms with Gasteiger partial charge in [-0.15, -0.1) is 0 Å². The highest BCUT2D eigenvalue weighted by Crippen LogP contribution is 2.14. The third kappa shape index (κ3) is 5.13. The number of likely N-dealkylation sites (N-methyl/N-ethyl adjacent to an activating group) is 1. The third-order valence-corrected chi connectivity index (χ3v) is 3.18. The normalized spacial score (nSPS) is 12.5. The van der Waals surface area contributed by atoms with E-state index in [1.807, 2.05) is 24.3 Å². The van der Waals surface area contributed by atoms with Crippen LogP contribution in [-0.2, 0) is 6.54 Å². The lowest BCUT2D eigenvalue weighted by Gasteiger charge is -2.22. The van der Waals surface area contributed by atoms with Crippen molar-refractivity contribution in [2.45, 2.75) is 19.6 Å². The van der Waals surface area contributed by atoms with Crippen LogP contribution in [0.2, 0.25) is 0 Å². The number of aliphatic hydroxyl groups is 1. The number of nitrogens with zero attached hydrogens (tertiary/aromatic N) is 1. The Hall–Kier alpha value is -1.98. The van der Waals surface area contributed by atoms with Crippen LogP contribution in [0.3, 0.4) is 0 Å². The molecule has 5 nitrogen and oxygen atoms in total. The van der Waals surface area contributed by atoms with Crippen molar-refractivity contribution < 1.29 is 14.3 Å². The summed E-state index contributed by atoms with van der Waals surface area (Å²) in [7, 11) is 0. The molecule has 3 N–H and O–H groups in total. The smallest absolute Gasteiger partial charge is 0.121 e. The zero-order chi connectivity index (χ0) is 15.1. The number of furan rings is 1. The van der Waals surface area contributed by atoms with Gasteiger partial charge in [-0.3, -0.25) is 4.90 Å². The number of benzene rings is 1. The Morgan fingerprint density at radius 3 is 2.86 bits per heavy atom. The molecule has 2 aromatic rings. The molecule has 0 bridgehead atoms. The fourth-order valence-corrected chi connectivity index (χ4v) is 2.08. The Balaban J connectivity index is 1.78. The average molecular weight is 290 g/mol. The second-order valence-corrected chi connectivity index (χ2v) is 4.94. The van der Waals surface area contributed by atoms with Crippen molar-refractivity contribution in [3.05, 3.63) is 48.4 Å². The number of anilines is 1. The summed E-state index contributed by atoms with van der Waals surface area (Å²) in [5, 5.41) is 10.1. The van der Waals surface area contributed by atoms with Crippen molar-refractivity contribution in [1.82, 2.24) is 4.90 Å². The quantitative estimate of drug-likeness (QED) is 0.729. The number of ether oxygens (including phenoxy) is 1. The van der Waals surface area contributed by atoms with Crippen molar-refractivity contribution in [3.8, 4) is 5.75 Å². The summed E-state index contributed by atoms with van der Waals surface area (Å²) < 4.78 is 10.9. The van der Waals surface area contributed by atoms with Gasteiger partial charge >= 0.3 is 0 Å². The van der Waals surface area contributed by atoms with E-state index < -0.39 is 6.10 Å². The molecular weight excluding hydrogens is 268 g/mol. The van der Waals surface area contributed by atoms with Gasteiger partial charge in [0.25, 0.3) is 0 Å². The molecular formula is C16H22N2O3. The number of nitrogens with two attached hydrogens (primary N) is 1. The number of rotatable bonds is 8. The topological polar surface area (TPSA) is 71.9 Å². The molecule has 0 aliphatic heterocycles. The average Bonchev–Trinajstić information content (AvgIpc) is 2.97. The second kappa shape index (κ2) is 7.71. The SMILES string of the molecule is CCN(Cc1ccco1)CC(O)COc1cccc(N)c1. The number of hydrogen-bond acceptors (Lipinski definition) is 5. The summed E-state index contributed by atoms with van der Waals surface area (Å²) in [4.78, 5) is 2.10. The first-order valence-electron chi connectivity index (χ1n) is 7.08. The van der Waals surface area contributed by atoms with Gasteiger partial charge in [0.2, 0.25) is 0 Å². The minimum atomic E-state index is -0.568. The Morgan fingerprint density at radius 2 is 2.19 bits per heavy atom. The largest absolute Gasteiger partial charge is 0.491 e. The molecule has 114 valence electrons. The van der Waals surface area contributed by atoms with Crippen molar-refractivity contribution in [3.63, 3.8) is 0 Å². The molecule has 5 heteroatoms. The molecule has 2 rings (SSSR count). The van der Waals surface area contributed by atoms with Crippen molar-refractivity contribution in [1.29, 1.82) is 0 Å². The summed E-state index contributed by atoms with van der Waals surface area (Å²) >= 11 is 0. The van der Waals surface area contributed by atoms with E-state index in [0.29, 0.717) is 24.5 Å². The maximum atomic E-state index is 10.1. The summed E-state index contributed by atoms with van der Waals surface area (Å²) in [5.74, 6) is 1.56. The lowest BCUT2D eigenvalue weighted by molar-refractivity contribution is 0.0653. The van der Waals surface area contributed by atoms with Crippen molar-refractivity contribution >= 4 is 5.69 Å². The Bertz CT molecular complexity index is 528. The first-order chi connectivity index (χ1) is 10.2. The Labute approximate surface area is 124 Å². The standard InChI is InChI=1S/C16H22N2O3/c1-2-18(11-16-7-4-8-20-16)10-14(19)12-21-15-6-3-5-13(17)9-15/h3-9,14,19H,2,10-12,17H2,1H3. The molecule has 1 heterocycles. The maximum Gasteiger partial charge on any atom is 0.121 e. The molecule has 0 saturated heterocycles. The first kappa shape index (κ1) is 15.4. The van der Waals surface area contributed by atoms with Crippen molar-refractivity contribution in [2.75, 3.05) is 25.4 Å². The molecule has 1 aromatic carbocycles. The van der Waals surface area contributed by atoms with Gasteiger partial charge in [-0.1, -0.05) is 13.0 Å². The molecule has 0 aliphatic rings. The fourth-order valence-electron chi connectivity index (χ4n) is 2.08. The van der Waals surface area contributed by atoms with E-state index in [1.165, 1.54) is 0 Å². The molecule has 0 fully saturated rings. The predicted octanol–water partition coefficient (Wildman–Crippen LogP) is 2.12. The van der Waals surface area contributed by atoms with E-state index in [-0.39, 0.29) is 6.61 Å². The van der Waals surface area contributed by atoms with Gasteiger partial charge < -0.3 is 20.0 Å². The highest BCUT2D eigenvalue weighted by molar-refractivity contribution is 5.43. The highest BCUT2D eigenvalue weighted by Gasteiger charge is 2.12. The van der Waals surface area contributed by atoms with E-state index in [4.69, 9.17) is 14.9 Å². The van der Waals surface area contributed by atoms with Crippen LogP contribution in [0.5, 0.6) is 5.75 Å². The maximum absolute atomic E-state index is 10.1. The number of aliphatic hydroxyl groups excluding tert-OH is 1. The first-order valence-corrected chi connectivity index (χ1v) is 7.08. The Kier molecular flexibility index (Phi) is 5.66. The lowest BCUT2D eigenvalue weighted by atomic mass is 10.3. The van der Waals surface area contributed by atoms with Crippen LogP contribution in [0, 0.1) is 0 Å². The Morgan fingerprint density at radius 1 is 1.33 bits per heavy atom. The van der Waals surface area contributed by atoms with Gasteiger partial charge in [-0.05, 0) is 30.8 Å². The van der Waals surface area contributed by atoms with Crippen molar-refractivity contribution in [2.24, 2.45) is 0 Å². The van der Waals surface area contributed by atoms with Crippen LogP contribution < -0.4 is 10.5 Å². The summed E-state index contributed by atoms with van der Waals surface area (Å²) in [6, 6.07) is 11.0.